The van der Waals surface area contributed by atoms with Crippen molar-refractivity contribution in [1.82, 2.24) is 4.98 Å². The van der Waals surface area contributed by atoms with E-state index in [2.05, 4.69) is 4.98 Å². The predicted octanol–water partition coefficient (Wildman–Crippen LogP) is 4.29. The van der Waals surface area contributed by atoms with Crippen LogP contribution < -0.4 is 0 Å². The predicted molar refractivity (Wildman–Crippen MR) is 64.4 cm³/mol. The van der Waals surface area contributed by atoms with Crippen molar-refractivity contribution in [2.75, 3.05) is 0 Å². The largest absolute Gasteiger partial charge is 0.436 e. The van der Waals surface area contributed by atoms with Crippen molar-refractivity contribution in [3.05, 3.63) is 53.3 Å². The normalized spacial score (nSPS) is 10.9. The minimum atomic E-state index is -0.452. The number of benzene rings is 2. The van der Waals surface area contributed by atoms with Gasteiger partial charge in [0, 0.05) is 5.56 Å². The summed E-state index contributed by atoms with van der Waals surface area (Å²) < 4.78 is 18.6. The molecule has 0 unspecified atom stereocenters. The number of rotatable bonds is 1. The number of halogens is 2. The van der Waals surface area contributed by atoms with Crippen LogP contribution in [-0.4, -0.2) is 4.98 Å². The first-order valence-electron chi connectivity index (χ1n) is 5.05. The van der Waals surface area contributed by atoms with Gasteiger partial charge in [0.1, 0.15) is 11.3 Å². The van der Waals surface area contributed by atoms with Gasteiger partial charge in [-0.2, -0.15) is 0 Å². The standard InChI is InChI=1S/C13H7ClFNO/c14-9-7-8(5-6-10(9)15)13-16-11-3-1-2-4-12(11)17-13/h1-7H. The third-order valence-corrected chi connectivity index (χ3v) is 2.75. The number of fused-ring (bicyclic) bond motifs is 1. The minimum Gasteiger partial charge on any atom is -0.436 e. The molecule has 4 heteroatoms. The number of hydrogen-bond acceptors (Lipinski definition) is 2. The van der Waals surface area contributed by atoms with Gasteiger partial charge in [-0.25, -0.2) is 9.37 Å². The van der Waals surface area contributed by atoms with E-state index >= 15 is 0 Å². The fourth-order valence-corrected chi connectivity index (χ4v) is 1.81. The highest BCUT2D eigenvalue weighted by atomic mass is 35.5. The number of oxazole rings is 1. The van der Waals surface area contributed by atoms with Gasteiger partial charge in [-0.3, -0.25) is 0 Å². The first-order chi connectivity index (χ1) is 8.24. The fourth-order valence-electron chi connectivity index (χ4n) is 1.62. The number of hydrogen-bond donors (Lipinski definition) is 0. The summed E-state index contributed by atoms with van der Waals surface area (Å²) in [6, 6.07) is 11.8. The second-order valence-electron chi connectivity index (χ2n) is 3.62. The monoisotopic (exact) mass is 247 g/mol. The smallest absolute Gasteiger partial charge is 0.227 e. The van der Waals surface area contributed by atoms with Gasteiger partial charge in [0.05, 0.1) is 5.02 Å². The Labute approximate surface area is 102 Å². The molecule has 0 aliphatic rings. The second kappa shape index (κ2) is 3.86. The zero-order valence-corrected chi connectivity index (χ0v) is 9.41. The molecule has 0 spiro atoms. The Morgan fingerprint density at radius 3 is 2.71 bits per heavy atom. The third-order valence-electron chi connectivity index (χ3n) is 2.46. The zero-order chi connectivity index (χ0) is 11.8. The van der Waals surface area contributed by atoms with E-state index in [0.29, 0.717) is 17.0 Å². The van der Waals surface area contributed by atoms with Crippen molar-refractivity contribution in [2.45, 2.75) is 0 Å². The van der Waals surface area contributed by atoms with E-state index < -0.39 is 5.82 Å². The molecule has 1 aromatic heterocycles. The maximum atomic E-state index is 13.0. The van der Waals surface area contributed by atoms with Crippen LogP contribution >= 0.6 is 11.6 Å². The quantitative estimate of drug-likeness (QED) is 0.641. The van der Waals surface area contributed by atoms with Crippen LogP contribution in [0.1, 0.15) is 0 Å². The van der Waals surface area contributed by atoms with Crippen LogP contribution in [0.3, 0.4) is 0 Å². The van der Waals surface area contributed by atoms with Crippen LogP contribution in [0, 0.1) is 5.82 Å². The molecule has 0 saturated heterocycles. The van der Waals surface area contributed by atoms with E-state index in [4.69, 9.17) is 16.0 Å². The highest BCUT2D eigenvalue weighted by Gasteiger charge is 2.09. The maximum Gasteiger partial charge on any atom is 0.227 e. The van der Waals surface area contributed by atoms with Gasteiger partial charge in [0.2, 0.25) is 5.89 Å². The van der Waals surface area contributed by atoms with Gasteiger partial charge in [-0.15, -0.1) is 0 Å². The summed E-state index contributed by atoms with van der Waals surface area (Å²) in [7, 11) is 0. The number of nitrogens with zero attached hydrogens (tertiary/aromatic N) is 1. The molecule has 1 heterocycles. The molecule has 0 fully saturated rings. The lowest BCUT2D eigenvalue weighted by molar-refractivity contribution is 0.616. The molecule has 0 bridgehead atoms. The second-order valence-corrected chi connectivity index (χ2v) is 4.02. The average molecular weight is 248 g/mol. The van der Waals surface area contributed by atoms with E-state index in [1.807, 2.05) is 24.3 Å². The first-order valence-corrected chi connectivity index (χ1v) is 5.43. The summed E-state index contributed by atoms with van der Waals surface area (Å²) in [5, 5.41) is 0.0600. The topological polar surface area (TPSA) is 26.0 Å². The Kier molecular flexibility index (Phi) is 2.34. The van der Waals surface area contributed by atoms with Gasteiger partial charge >= 0.3 is 0 Å². The van der Waals surface area contributed by atoms with Gasteiger partial charge in [-0.1, -0.05) is 23.7 Å². The molecule has 2 aromatic carbocycles. The van der Waals surface area contributed by atoms with Crippen molar-refractivity contribution >= 4 is 22.7 Å². The Bertz CT molecular complexity index is 660. The third kappa shape index (κ3) is 1.78. The molecule has 0 aliphatic heterocycles. The highest BCUT2D eigenvalue weighted by molar-refractivity contribution is 6.31. The Morgan fingerprint density at radius 2 is 1.94 bits per heavy atom. The molecule has 0 aliphatic carbocycles. The van der Waals surface area contributed by atoms with Gasteiger partial charge in [0.15, 0.2) is 5.58 Å². The Hall–Kier alpha value is -1.87. The summed E-state index contributed by atoms with van der Waals surface area (Å²) in [6.07, 6.45) is 0. The Morgan fingerprint density at radius 1 is 1.12 bits per heavy atom. The van der Waals surface area contributed by atoms with Crippen molar-refractivity contribution in [3.8, 4) is 11.5 Å². The van der Waals surface area contributed by atoms with Crippen LogP contribution in [0.15, 0.2) is 46.9 Å². The molecule has 0 N–H and O–H groups in total. The number of aromatic nitrogens is 1. The van der Waals surface area contributed by atoms with E-state index in [1.54, 1.807) is 6.07 Å². The van der Waals surface area contributed by atoms with Crippen LogP contribution in [0.4, 0.5) is 4.39 Å². The summed E-state index contributed by atoms with van der Waals surface area (Å²) in [5.41, 5.74) is 2.12. The summed E-state index contributed by atoms with van der Waals surface area (Å²) in [4.78, 5) is 4.31. The molecule has 84 valence electrons. The summed E-state index contributed by atoms with van der Waals surface area (Å²) in [6.45, 7) is 0. The van der Waals surface area contributed by atoms with Crippen LogP contribution in [0.5, 0.6) is 0 Å². The van der Waals surface area contributed by atoms with E-state index in [9.17, 15) is 4.39 Å². The maximum absolute atomic E-state index is 13.0. The molecular weight excluding hydrogens is 241 g/mol. The summed E-state index contributed by atoms with van der Waals surface area (Å²) >= 11 is 5.72. The van der Waals surface area contributed by atoms with Crippen molar-refractivity contribution < 1.29 is 8.81 Å². The zero-order valence-electron chi connectivity index (χ0n) is 8.65. The lowest BCUT2D eigenvalue weighted by Crippen LogP contribution is -1.80. The van der Waals surface area contributed by atoms with E-state index in [-0.39, 0.29) is 5.02 Å². The molecule has 17 heavy (non-hydrogen) atoms. The van der Waals surface area contributed by atoms with Gasteiger partial charge in [0.25, 0.3) is 0 Å². The SMILES string of the molecule is Fc1ccc(-c2nc3ccccc3o2)cc1Cl. The van der Waals surface area contributed by atoms with Crippen molar-refractivity contribution in [3.63, 3.8) is 0 Å². The van der Waals surface area contributed by atoms with Crippen LogP contribution in [0.2, 0.25) is 5.02 Å². The van der Waals surface area contributed by atoms with E-state index in [0.717, 1.165) is 5.52 Å². The average Bonchev–Trinajstić information content (AvgIpc) is 2.76. The lowest BCUT2D eigenvalue weighted by Gasteiger charge is -1.97. The number of para-hydroxylation sites is 2. The highest BCUT2D eigenvalue weighted by Crippen LogP contribution is 2.27. The molecule has 0 saturated carbocycles. The van der Waals surface area contributed by atoms with Crippen LogP contribution in [0.25, 0.3) is 22.6 Å². The van der Waals surface area contributed by atoms with Gasteiger partial charge < -0.3 is 4.42 Å². The van der Waals surface area contributed by atoms with Crippen molar-refractivity contribution in [1.29, 1.82) is 0 Å². The van der Waals surface area contributed by atoms with Crippen molar-refractivity contribution in [2.24, 2.45) is 0 Å². The molecular formula is C13H7ClFNO. The molecule has 0 radical (unpaired) electrons. The first kappa shape index (κ1) is 10.3. The van der Waals surface area contributed by atoms with E-state index in [1.165, 1.54) is 12.1 Å². The molecule has 2 nitrogen and oxygen atoms in total. The fraction of sp³-hybridized carbons (Fsp3) is 0. The van der Waals surface area contributed by atoms with Gasteiger partial charge in [-0.05, 0) is 30.3 Å². The molecule has 0 amide bonds. The Balaban J connectivity index is 2.17. The molecule has 0 atom stereocenters. The minimum absolute atomic E-state index is 0.0600. The summed E-state index contributed by atoms with van der Waals surface area (Å²) in [5.74, 6) is -0.0142. The lowest BCUT2D eigenvalue weighted by atomic mass is 10.2. The molecule has 3 aromatic rings. The molecule has 3 rings (SSSR count). The van der Waals surface area contributed by atoms with Crippen LogP contribution in [-0.2, 0) is 0 Å².